The minimum absolute atomic E-state index is 0.136. The van der Waals surface area contributed by atoms with Crippen molar-refractivity contribution in [1.29, 1.82) is 0 Å². The van der Waals surface area contributed by atoms with Crippen molar-refractivity contribution in [3.8, 4) is 0 Å². The highest BCUT2D eigenvalue weighted by molar-refractivity contribution is 5.77. The van der Waals surface area contributed by atoms with Crippen LogP contribution in [0.1, 0.15) is 19.8 Å². The van der Waals surface area contributed by atoms with E-state index in [-0.39, 0.29) is 11.9 Å². The number of hydrogen-bond acceptors (Lipinski definition) is 8. The van der Waals surface area contributed by atoms with Crippen molar-refractivity contribution in [3.05, 3.63) is 6.33 Å². The van der Waals surface area contributed by atoms with Crippen molar-refractivity contribution in [2.75, 3.05) is 55.9 Å². The summed E-state index contributed by atoms with van der Waals surface area (Å²) in [5, 5.41) is 3.13. The summed E-state index contributed by atoms with van der Waals surface area (Å²) in [6, 6.07) is 0. The summed E-state index contributed by atoms with van der Waals surface area (Å²) in [5.74, 6) is 0.963. The second kappa shape index (κ2) is 8.52. The maximum absolute atomic E-state index is 12.0. The summed E-state index contributed by atoms with van der Waals surface area (Å²) in [4.78, 5) is 22.5. The lowest BCUT2D eigenvalue weighted by Crippen LogP contribution is -2.40. The van der Waals surface area contributed by atoms with Gasteiger partial charge < -0.3 is 25.4 Å². The second-order valence-corrected chi connectivity index (χ2v) is 5.42. The molecule has 0 aromatic carbocycles. The molecular formula is C15H25N5O3. The van der Waals surface area contributed by atoms with Gasteiger partial charge in [0.15, 0.2) is 11.6 Å². The summed E-state index contributed by atoms with van der Waals surface area (Å²) in [5.41, 5.74) is 6.68. The van der Waals surface area contributed by atoms with Gasteiger partial charge in [-0.1, -0.05) is 0 Å². The molecule has 1 unspecified atom stereocenters. The topological polar surface area (TPSA) is 103 Å². The molecule has 1 fully saturated rings. The Labute approximate surface area is 136 Å². The Morgan fingerprint density at radius 1 is 1.52 bits per heavy atom. The van der Waals surface area contributed by atoms with Gasteiger partial charge in [-0.05, 0) is 19.8 Å². The minimum atomic E-state index is -0.150. The number of anilines is 3. The molecule has 2 heterocycles. The van der Waals surface area contributed by atoms with Crippen molar-refractivity contribution in [3.63, 3.8) is 0 Å². The van der Waals surface area contributed by atoms with E-state index in [9.17, 15) is 4.79 Å². The standard InChI is InChI=1S/C15H25N5O3/c1-3-23-15(21)11-5-4-7-20(9-11)14-12(16)13(18-10-19-14)17-6-8-22-2/h10-11H,3-9,16H2,1-2H3,(H,17,18,19). The van der Waals surface area contributed by atoms with E-state index >= 15 is 0 Å². The van der Waals surface area contributed by atoms with Crippen molar-refractivity contribution in [2.45, 2.75) is 19.8 Å². The molecule has 0 radical (unpaired) electrons. The Balaban J connectivity index is 2.08. The van der Waals surface area contributed by atoms with Gasteiger partial charge in [0.25, 0.3) is 0 Å². The molecule has 2 rings (SSSR count). The van der Waals surface area contributed by atoms with Crippen LogP contribution in [0.3, 0.4) is 0 Å². The number of ether oxygens (including phenoxy) is 2. The molecule has 1 atom stereocenters. The first-order valence-electron chi connectivity index (χ1n) is 7.92. The maximum atomic E-state index is 12.0. The van der Waals surface area contributed by atoms with Gasteiger partial charge in [0.2, 0.25) is 0 Å². The lowest BCUT2D eigenvalue weighted by atomic mass is 9.98. The zero-order chi connectivity index (χ0) is 16.7. The van der Waals surface area contributed by atoms with Crippen LogP contribution in [0.25, 0.3) is 0 Å². The number of piperidine rings is 1. The van der Waals surface area contributed by atoms with E-state index in [1.807, 2.05) is 11.8 Å². The highest BCUT2D eigenvalue weighted by Gasteiger charge is 2.28. The third-order valence-electron chi connectivity index (χ3n) is 3.80. The SMILES string of the molecule is CCOC(=O)C1CCCN(c2ncnc(NCCOC)c2N)C1. The molecule has 0 saturated carbocycles. The molecule has 1 aliphatic heterocycles. The highest BCUT2D eigenvalue weighted by atomic mass is 16.5. The molecule has 0 amide bonds. The molecule has 1 aromatic rings. The van der Waals surface area contributed by atoms with Gasteiger partial charge in [-0.25, -0.2) is 9.97 Å². The summed E-state index contributed by atoms with van der Waals surface area (Å²) in [6.45, 7) is 4.78. The average Bonchev–Trinajstić information content (AvgIpc) is 2.57. The van der Waals surface area contributed by atoms with E-state index in [2.05, 4.69) is 15.3 Å². The first-order valence-corrected chi connectivity index (χ1v) is 7.92. The van der Waals surface area contributed by atoms with Crippen LogP contribution in [0.4, 0.5) is 17.3 Å². The largest absolute Gasteiger partial charge is 0.466 e. The third kappa shape index (κ3) is 4.44. The fourth-order valence-electron chi connectivity index (χ4n) is 2.67. The van der Waals surface area contributed by atoms with E-state index in [4.69, 9.17) is 15.2 Å². The van der Waals surface area contributed by atoms with E-state index in [1.165, 1.54) is 6.33 Å². The molecule has 0 bridgehead atoms. The summed E-state index contributed by atoms with van der Waals surface area (Å²) in [6.07, 6.45) is 3.22. The number of carbonyl (C=O) groups is 1. The fourth-order valence-corrected chi connectivity index (χ4v) is 2.67. The van der Waals surface area contributed by atoms with Crippen molar-refractivity contribution in [2.24, 2.45) is 5.92 Å². The first-order chi connectivity index (χ1) is 11.2. The molecule has 1 aliphatic rings. The van der Waals surface area contributed by atoms with Gasteiger partial charge in [0.05, 0.1) is 19.1 Å². The number of nitrogens with two attached hydrogens (primary N) is 1. The molecule has 23 heavy (non-hydrogen) atoms. The third-order valence-corrected chi connectivity index (χ3v) is 3.80. The van der Waals surface area contributed by atoms with Crippen LogP contribution in [-0.4, -0.2) is 55.9 Å². The molecule has 128 valence electrons. The van der Waals surface area contributed by atoms with Crippen LogP contribution in [0.15, 0.2) is 6.33 Å². The monoisotopic (exact) mass is 323 g/mol. The van der Waals surface area contributed by atoms with Gasteiger partial charge >= 0.3 is 5.97 Å². The van der Waals surface area contributed by atoms with Gasteiger partial charge in [-0.2, -0.15) is 0 Å². The van der Waals surface area contributed by atoms with Crippen LogP contribution in [0.5, 0.6) is 0 Å². The van der Waals surface area contributed by atoms with E-state index in [0.717, 1.165) is 19.4 Å². The number of nitrogens with zero attached hydrogens (tertiary/aromatic N) is 3. The first kappa shape index (κ1) is 17.3. The van der Waals surface area contributed by atoms with E-state index in [1.54, 1.807) is 7.11 Å². The Hall–Kier alpha value is -2.09. The van der Waals surface area contributed by atoms with Crippen molar-refractivity contribution >= 4 is 23.3 Å². The summed E-state index contributed by atoms with van der Waals surface area (Å²) >= 11 is 0. The van der Waals surface area contributed by atoms with Crippen molar-refractivity contribution in [1.82, 2.24) is 9.97 Å². The number of hydrogen-bond donors (Lipinski definition) is 2. The van der Waals surface area contributed by atoms with Crippen LogP contribution in [-0.2, 0) is 14.3 Å². The molecule has 1 saturated heterocycles. The summed E-state index contributed by atoms with van der Waals surface area (Å²) < 4.78 is 10.1. The quantitative estimate of drug-likeness (QED) is 0.563. The van der Waals surface area contributed by atoms with Gasteiger partial charge in [-0.3, -0.25) is 4.79 Å². The molecular weight excluding hydrogens is 298 g/mol. The second-order valence-electron chi connectivity index (χ2n) is 5.42. The smallest absolute Gasteiger partial charge is 0.310 e. The Morgan fingerprint density at radius 3 is 3.09 bits per heavy atom. The average molecular weight is 323 g/mol. The number of methoxy groups -OCH3 is 1. The fraction of sp³-hybridized carbons (Fsp3) is 0.667. The Bertz CT molecular complexity index is 526. The normalized spacial score (nSPS) is 17.8. The van der Waals surface area contributed by atoms with Gasteiger partial charge in [-0.15, -0.1) is 0 Å². The minimum Gasteiger partial charge on any atom is -0.466 e. The Morgan fingerprint density at radius 2 is 2.35 bits per heavy atom. The number of rotatable bonds is 7. The van der Waals surface area contributed by atoms with E-state index < -0.39 is 0 Å². The number of aromatic nitrogens is 2. The lowest BCUT2D eigenvalue weighted by Gasteiger charge is -2.33. The molecule has 1 aromatic heterocycles. The zero-order valence-corrected chi connectivity index (χ0v) is 13.7. The molecule has 0 aliphatic carbocycles. The van der Waals surface area contributed by atoms with Crippen LogP contribution < -0.4 is 16.0 Å². The number of nitrogens with one attached hydrogen (secondary N) is 1. The number of esters is 1. The predicted molar refractivity (Wildman–Crippen MR) is 88.4 cm³/mol. The molecule has 8 heteroatoms. The van der Waals surface area contributed by atoms with Crippen LogP contribution >= 0.6 is 0 Å². The molecule has 3 N–H and O–H groups in total. The van der Waals surface area contributed by atoms with Crippen LogP contribution in [0.2, 0.25) is 0 Å². The zero-order valence-electron chi connectivity index (χ0n) is 13.7. The van der Waals surface area contributed by atoms with Gasteiger partial charge in [0, 0.05) is 26.7 Å². The maximum Gasteiger partial charge on any atom is 0.310 e. The number of carbonyl (C=O) groups excluding carboxylic acids is 1. The van der Waals surface area contributed by atoms with Crippen LogP contribution in [0, 0.1) is 5.92 Å². The predicted octanol–water partition coefficient (Wildman–Crippen LogP) is 0.897. The Kier molecular flexibility index (Phi) is 6.40. The lowest BCUT2D eigenvalue weighted by molar-refractivity contribution is -0.148. The van der Waals surface area contributed by atoms with Crippen molar-refractivity contribution < 1.29 is 14.3 Å². The van der Waals surface area contributed by atoms with Gasteiger partial charge in [0.1, 0.15) is 12.0 Å². The molecule has 8 nitrogen and oxygen atoms in total. The highest BCUT2D eigenvalue weighted by Crippen LogP contribution is 2.30. The number of nitrogen functional groups attached to an aromatic ring is 1. The van der Waals surface area contributed by atoms with E-state index in [0.29, 0.717) is 43.6 Å². The summed E-state index contributed by atoms with van der Waals surface area (Å²) in [7, 11) is 1.64. The molecule has 0 spiro atoms.